The lowest BCUT2D eigenvalue weighted by Crippen LogP contribution is -2.58. The van der Waals surface area contributed by atoms with Gasteiger partial charge in [-0.15, -0.1) is 4.76 Å². The Balaban J connectivity index is 1.93. The molecule has 2 atom stereocenters. The summed E-state index contributed by atoms with van der Waals surface area (Å²) in [5, 5.41) is 3.45. The van der Waals surface area contributed by atoms with E-state index >= 15 is 0 Å². The fourth-order valence-corrected chi connectivity index (χ4v) is 6.95. The van der Waals surface area contributed by atoms with Crippen molar-refractivity contribution in [3.63, 3.8) is 0 Å². The molecule has 0 spiro atoms. The van der Waals surface area contributed by atoms with E-state index in [9.17, 15) is 17.8 Å². The fraction of sp³-hybridized carbons (Fsp3) is 0.357. The second-order valence-corrected chi connectivity index (χ2v) is 14.7. The quantitative estimate of drug-likeness (QED) is 0.327. The van der Waals surface area contributed by atoms with Gasteiger partial charge < -0.3 is 9.26 Å². The van der Waals surface area contributed by atoms with Crippen molar-refractivity contribution in [3.8, 4) is 0 Å². The van der Waals surface area contributed by atoms with Crippen molar-refractivity contribution in [2.75, 3.05) is 36.6 Å². The summed E-state index contributed by atoms with van der Waals surface area (Å²) in [5.74, 6) is 0.262. The zero-order valence-corrected chi connectivity index (χ0v) is 25.3. The van der Waals surface area contributed by atoms with Gasteiger partial charge in [-0.1, -0.05) is 51.1 Å². The van der Waals surface area contributed by atoms with Gasteiger partial charge in [0.15, 0.2) is 0 Å². The number of amides is 1. The molecule has 214 valence electrons. The predicted octanol–water partition coefficient (Wildman–Crippen LogP) is 5.06. The maximum Gasteiger partial charge on any atom is 0.354 e. The number of sulfonamides is 1. The molecule has 40 heavy (non-hydrogen) atoms. The van der Waals surface area contributed by atoms with Gasteiger partial charge in [-0.3, -0.25) is 14.6 Å². The number of quaternary nitrogens is 1. The van der Waals surface area contributed by atoms with Crippen molar-refractivity contribution in [1.82, 2.24) is 0 Å². The molecule has 2 aliphatic heterocycles. The highest BCUT2D eigenvalue weighted by atomic mass is 32.2. The molecule has 4 rings (SSSR count). The molecule has 0 aromatic heterocycles. The summed E-state index contributed by atoms with van der Waals surface area (Å²) in [6.45, 7) is 8.38. The van der Waals surface area contributed by atoms with Crippen LogP contribution < -0.4 is 15.3 Å². The maximum atomic E-state index is 14.3. The SMILES string of the molecule is CCOP1(=O)N=C([N+]2(CCC(C)(C)C)C=C(c3ccccc3)C(OC)=CC2=O)Nc2ccc(NS(C)(=O)=O)cc21. The normalized spacial score (nSPS) is 22.9. The van der Waals surface area contributed by atoms with E-state index in [0.29, 0.717) is 30.0 Å². The largest absolute Gasteiger partial charge is 0.496 e. The van der Waals surface area contributed by atoms with E-state index in [0.717, 1.165) is 11.8 Å². The smallest absolute Gasteiger partial charge is 0.354 e. The maximum absolute atomic E-state index is 14.3. The summed E-state index contributed by atoms with van der Waals surface area (Å²) in [6, 6.07) is 14.2. The van der Waals surface area contributed by atoms with E-state index in [1.165, 1.54) is 19.3 Å². The topological polar surface area (TPSA) is 123 Å². The van der Waals surface area contributed by atoms with Crippen LogP contribution in [0.25, 0.3) is 5.57 Å². The minimum Gasteiger partial charge on any atom is -0.496 e. The highest BCUT2D eigenvalue weighted by Gasteiger charge is 2.49. The molecule has 0 saturated carbocycles. The highest BCUT2D eigenvalue weighted by Crippen LogP contribution is 2.53. The van der Waals surface area contributed by atoms with Crippen molar-refractivity contribution < 1.29 is 31.5 Å². The predicted molar refractivity (Wildman–Crippen MR) is 159 cm³/mol. The Labute approximate surface area is 235 Å². The van der Waals surface area contributed by atoms with Gasteiger partial charge in [0.25, 0.3) is 0 Å². The number of carbonyl (C=O) groups is 1. The van der Waals surface area contributed by atoms with E-state index in [2.05, 4.69) is 35.6 Å². The Morgan fingerprint density at radius 2 is 1.82 bits per heavy atom. The third kappa shape index (κ3) is 6.23. The highest BCUT2D eigenvalue weighted by molar-refractivity contribution is 7.92. The average Bonchev–Trinajstić information content (AvgIpc) is 2.87. The zero-order chi connectivity index (χ0) is 29.3. The van der Waals surface area contributed by atoms with Crippen LogP contribution in [0.15, 0.2) is 71.3 Å². The molecule has 0 aliphatic carbocycles. The van der Waals surface area contributed by atoms with Crippen LogP contribution in [0, 0.1) is 5.41 Å². The Morgan fingerprint density at radius 3 is 2.42 bits per heavy atom. The molecule has 0 saturated heterocycles. The van der Waals surface area contributed by atoms with Gasteiger partial charge in [0, 0.05) is 12.1 Å². The Bertz CT molecular complexity index is 1560. The molecular formula is C28H36N4O6PS+. The molecule has 2 aliphatic rings. The first kappa shape index (κ1) is 29.7. The lowest BCUT2D eigenvalue weighted by molar-refractivity contribution is -0.706. The van der Waals surface area contributed by atoms with Crippen molar-refractivity contribution >= 4 is 51.7 Å². The van der Waals surface area contributed by atoms with Crippen molar-refractivity contribution in [2.45, 2.75) is 34.1 Å². The second kappa shape index (κ2) is 11.0. The molecule has 2 aromatic rings. The molecule has 0 radical (unpaired) electrons. The lowest BCUT2D eigenvalue weighted by atomic mass is 9.91. The fourth-order valence-electron chi connectivity index (χ4n) is 4.54. The molecule has 2 aromatic carbocycles. The van der Waals surface area contributed by atoms with Gasteiger partial charge in [0.05, 0.1) is 49.2 Å². The standard InChI is InChI=1S/C28H36N4O6PS/c1-7-38-39(34)25-17-21(31-40(6,35)36)13-14-23(25)29-27(30-39)32(16-15-28(2,3)4)19-22(20-11-9-8-10-12-20)24(37-5)18-26(32)33/h8-14,17-19,31H,7,15-16H2,1-6H3,(H,29,30,34)/q+1. The minimum atomic E-state index is -3.92. The van der Waals surface area contributed by atoms with E-state index in [-0.39, 0.29) is 39.4 Å². The lowest BCUT2D eigenvalue weighted by Gasteiger charge is -2.38. The molecule has 0 fully saturated rings. The molecule has 0 bridgehead atoms. The van der Waals surface area contributed by atoms with Crippen LogP contribution in [0.4, 0.5) is 11.4 Å². The van der Waals surface area contributed by atoms with Gasteiger partial charge >= 0.3 is 19.4 Å². The summed E-state index contributed by atoms with van der Waals surface area (Å²) < 4.78 is 56.0. The van der Waals surface area contributed by atoms with Gasteiger partial charge in [0.1, 0.15) is 12.0 Å². The number of anilines is 2. The van der Waals surface area contributed by atoms with Crippen molar-refractivity contribution in [2.24, 2.45) is 10.2 Å². The summed E-state index contributed by atoms with van der Waals surface area (Å²) in [6.07, 6.45) is 4.92. The average molecular weight is 588 g/mol. The molecule has 1 amide bonds. The number of nitrogens with one attached hydrogen (secondary N) is 2. The minimum absolute atomic E-state index is 0.0893. The Hall–Kier alpha value is -3.24. The number of hydrogen-bond acceptors (Lipinski definition) is 7. The summed E-state index contributed by atoms with van der Waals surface area (Å²) in [7, 11) is -5.98. The summed E-state index contributed by atoms with van der Waals surface area (Å²) in [4.78, 5) is 14.0. The Kier molecular flexibility index (Phi) is 8.15. The van der Waals surface area contributed by atoms with Gasteiger partial charge in [-0.05, 0) is 36.1 Å². The summed E-state index contributed by atoms with van der Waals surface area (Å²) >= 11 is 0. The van der Waals surface area contributed by atoms with Crippen LogP contribution in [0.1, 0.15) is 39.7 Å². The van der Waals surface area contributed by atoms with E-state index < -0.39 is 17.5 Å². The van der Waals surface area contributed by atoms with Crippen molar-refractivity contribution in [3.05, 3.63) is 72.1 Å². The summed E-state index contributed by atoms with van der Waals surface area (Å²) in [5.41, 5.74) is 2.07. The van der Waals surface area contributed by atoms with Crippen LogP contribution in [0.3, 0.4) is 0 Å². The van der Waals surface area contributed by atoms with Crippen LogP contribution in [0.5, 0.6) is 0 Å². The first-order valence-electron chi connectivity index (χ1n) is 12.9. The van der Waals surface area contributed by atoms with E-state index in [1.807, 2.05) is 30.3 Å². The molecule has 2 N–H and O–H groups in total. The number of guanidine groups is 1. The number of ether oxygens (including phenoxy) is 1. The number of fused-ring (bicyclic) bond motifs is 1. The monoisotopic (exact) mass is 587 g/mol. The van der Waals surface area contributed by atoms with Crippen molar-refractivity contribution in [1.29, 1.82) is 0 Å². The van der Waals surface area contributed by atoms with Crippen LogP contribution in [0.2, 0.25) is 0 Å². The number of nitrogens with zero attached hydrogens (tertiary/aromatic N) is 2. The third-order valence-corrected chi connectivity index (χ3v) is 9.19. The van der Waals surface area contributed by atoms with E-state index in [1.54, 1.807) is 25.3 Å². The second-order valence-electron chi connectivity index (χ2n) is 11.0. The van der Waals surface area contributed by atoms with E-state index in [4.69, 9.17) is 9.26 Å². The van der Waals surface area contributed by atoms with Gasteiger partial charge in [0.2, 0.25) is 10.0 Å². The molecule has 10 nitrogen and oxygen atoms in total. The van der Waals surface area contributed by atoms with Gasteiger partial charge in [-0.2, -0.15) is 4.48 Å². The Morgan fingerprint density at radius 1 is 1.12 bits per heavy atom. The number of benzene rings is 2. The third-order valence-electron chi connectivity index (χ3n) is 6.54. The van der Waals surface area contributed by atoms with Gasteiger partial charge in [-0.25, -0.2) is 13.2 Å². The molecule has 2 unspecified atom stereocenters. The molecule has 12 heteroatoms. The van der Waals surface area contributed by atoms with Crippen LogP contribution in [-0.2, 0) is 28.6 Å². The number of carbonyl (C=O) groups excluding carboxylic acids is 1. The first-order chi connectivity index (χ1) is 18.7. The number of hydrogen-bond donors (Lipinski definition) is 2. The molecule has 2 heterocycles. The van der Waals surface area contributed by atoms with Crippen LogP contribution >= 0.6 is 7.52 Å². The molecular weight excluding hydrogens is 551 g/mol. The number of rotatable bonds is 8. The number of allylic oxidation sites excluding steroid dienone is 1. The first-order valence-corrected chi connectivity index (χ1v) is 16.4. The zero-order valence-electron chi connectivity index (χ0n) is 23.6. The number of methoxy groups -OCH3 is 1. The van der Waals surface area contributed by atoms with Crippen LogP contribution in [-0.4, -0.2) is 51.3 Å².